The molecule has 0 aliphatic carbocycles. The van der Waals surface area contributed by atoms with Gasteiger partial charge < -0.3 is 19.6 Å². The van der Waals surface area contributed by atoms with E-state index in [0.29, 0.717) is 10.8 Å². The fourth-order valence-corrected chi connectivity index (χ4v) is 2.29. The van der Waals surface area contributed by atoms with Crippen LogP contribution in [0.15, 0.2) is 27.3 Å². The number of aromatic nitrogens is 2. The number of rotatable bonds is 4. The maximum atomic E-state index is 13.3. The molecule has 2 rings (SSSR count). The number of halogens is 1. The summed E-state index contributed by atoms with van der Waals surface area (Å²) in [6.07, 6.45) is 2.27. The number of aromatic amines is 1. The zero-order chi connectivity index (χ0) is 17.4. The second-order valence-electron chi connectivity index (χ2n) is 4.37. The van der Waals surface area contributed by atoms with Crippen molar-refractivity contribution in [1.29, 1.82) is 0 Å². The van der Waals surface area contributed by atoms with Crippen LogP contribution in [0.5, 0.6) is 0 Å². The third-order valence-electron chi connectivity index (χ3n) is 2.78. The van der Waals surface area contributed by atoms with Crippen LogP contribution in [0.3, 0.4) is 0 Å². The summed E-state index contributed by atoms with van der Waals surface area (Å²) in [5, 5.41) is 9.78. The van der Waals surface area contributed by atoms with Crippen LogP contribution >= 0.6 is 7.82 Å². The molecule has 0 aromatic carbocycles. The molecule has 2 atom stereocenters. The number of nitrogens with one attached hydrogen (secondary N) is 1. The zero-order valence-corrected chi connectivity index (χ0v) is 12.1. The number of nitrogens with zero attached hydrogens (tertiary/aromatic N) is 1. The number of hydrogen-bond acceptors (Lipinski definition) is 6. The van der Waals surface area contributed by atoms with Gasteiger partial charge in [0.1, 0.15) is 5.76 Å². The molecule has 0 unspecified atom stereocenters. The minimum absolute atomic E-state index is 0.358. The lowest BCUT2D eigenvalue weighted by atomic mass is 10.2. The number of aliphatic hydroxyl groups is 1. The van der Waals surface area contributed by atoms with Crippen LogP contribution in [0, 0.1) is 18.2 Å². The van der Waals surface area contributed by atoms with E-state index in [0.717, 1.165) is 0 Å². The molecular formula is C11H10FN2O8P. The third kappa shape index (κ3) is 3.69. The average Bonchev–Trinajstić information content (AvgIpc) is 2.81. The van der Waals surface area contributed by atoms with Crippen molar-refractivity contribution >= 4 is 7.82 Å². The smallest absolute Gasteiger partial charge is 0.471 e. The van der Waals surface area contributed by atoms with Crippen molar-refractivity contribution in [3.05, 3.63) is 44.4 Å². The highest BCUT2D eigenvalue weighted by Gasteiger charge is 2.35. The Kier molecular flexibility index (Phi) is 4.44. The van der Waals surface area contributed by atoms with Crippen molar-refractivity contribution in [3.8, 4) is 12.3 Å². The summed E-state index contributed by atoms with van der Waals surface area (Å²) in [7, 11) is -4.98. The van der Waals surface area contributed by atoms with Crippen molar-refractivity contribution in [2.45, 2.75) is 18.8 Å². The van der Waals surface area contributed by atoms with Gasteiger partial charge in [-0.05, 0) is 0 Å². The Labute approximate surface area is 127 Å². The second kappa shape index (κ2) is 6.02. The van der Waals surface area contributed by atoms with Gasteiger partial charge in [0.2, 0.25) is 5.82 Å². The molecule has 0 saturated carbocycles. The first-order valence-electron chi connectivity index (χ1n) is 5.92. The van der Waals surface area contributed by atoms with Crippen molar-refractivity contribution < 1.29 is 33.1 Å². The molecule has 0 bridgehead atoms. The molecule has 1 aliphatic heterocycles. The fraction of sp³-hybridized carbons (Fsp3) is 0.273. The number of phosphoric acid groups is 1. The lowest BCUT2D eigenvalue weighted by molar-refractivity contribution is 0.0438. The van der Waals surface area contributed by atoms with Crippen molar-refractivity contribution in [2.24, 2.45) is 0 Å². The summed E-state index contributed by atoms with van der Waals surface area (Å²) < 4.78 is 34.1. The van der Waals surface area contributed by atoms with E-state index in [1.54, 1.807) is 4.98 Å². The predicted molar refractivity (Wildman–Crippen MR) is 71.4 cm³/mol. The van der Waals surface area contributed by atoms with Gasteiger partial charge in [0.25, 0.3) is 5.56 Å². The molecule has 12 heteroatoms. The van der Waals surface area contributed by atoms with Crippen LogP contribution in [0.25, 0.3) is 0 Å². The Morgan fingerprint density at radius 2 is 2.22 bits per heavy atom. The zero-order valence-electron chi connectivity index (χ0n) is 11.2. The third-order valence-corrected chi connectivity index (χ3v) is 3.27. The van der Waals surface area contributed by atoms with E-state index in [4.69, 9.17) is 20.9 Å². The Bertz CT molecular complexity index is 860. The molecule has 1 aromatic rings. The van der Waals surface area contributed by atoms with Crippen molar-refractivity contribution in [1.82, 2.24) is 9.55 Å². The lowest BCUT2D eigenvalue weighted by Crippen LogP contribution is -2.34. The van der Waals surface area contributed by atoms with Gasteiger partial charge in [0, 0.05) is 0 Å². The van der Waals surface area contributed by atoms with Crippen LogP contribution in [0.4, 0.5) is 4.39 Å². The monoisotopic (exact) mass is 348 g/mol. The van der Waals surface area contributed by atoms with Gasteiger partial charge in [0.05, 0.1) is 12.6 Å². The SMILES string of the molecule is C#C[C@H](OP(=O)(O)O)C1=C(O)C[C@H](n2cc(F)c(=O)[nH]c2=O)O1. The van der Waals surface area contributed by atoms with Crippen LogP contribution in [-0.4, -0.2) is 30.5 Å². The van der Waals surface area contributed by atoms with E-state index < -0.39 is 48.7 Å². The van der Waals surface area contributed by atoms with Crippen LogP contribution in [0.2, 0.25) is 0 Å². The molecule has 0 amide bonds. The maximum absolute atomic E-state index is 13.3. The van der Waals surface area contributed by atoms with E-state index in [2.05, 4.69) is 4.52 Å². The Morgan fingerprint density at radius 1 is 1.57 bits per heavy atom. The maximum Gasteiger partial charge on any atom is 0.471 e. The van der Waals surface area contributed by atoms with Crippen molar-refractivity contribution in [3.63, 3.8) is 0 Å². The van der Waals surface area contributed by atoms with Crippen LogP contribution < -0.4 is 11.2 Å². The van der Waals surface area contributed by atoms with E-state index in [9.17, 15) is 23.7 Å². The fourth-order valence-electron chi connectivity index (χ4n) is 1.86. The number of ether oxygens (including phenoxy) is 1. The first-order chi connectivity index (χ1) is 10.6. The van der Waals surface area contributed by atoms with Crippen molar-refractivity contribution in [2.75, 3.05) is 0 Å². The van der Waals surface area contributed by atoms with Gasteiger partial charge in [-0.2, -0.15) is 4.39 Å². The summed E-state index contributed by atoms with van der Waals surface area (Å²) in [6.45, 7) is 0. The Morgan fingerprint density at radius 3 is 2.78 bits per heavy atom. The quantitative estimate of drug-likeness (QED) is 0.419. The largest absolute Gasteiger partial charge is 0.508 e. The average molecular weight is 348 g/mol. The van der Waals surface area contributed by atoms with Gasteiger partial charge in [-0.25, -0.2) is 9.36 Å². The summed E-state index contributed by atoms with van der Waals surface area (Å²) in [4.78, 5) is 41.8. The minimum atomic E-state index is -4.98. The highest BCUT2D eigenvalue weighted by atomic mass is 31.2. The number of terminal acetylenes is 1. The molecular weight excluding hydrogens is 338 g/mol. The molecule has 23 heavy (non-hydrogen) atoms. The van der Waals surface area contributed by atoms with Crippen LogP contribution in [0.1, 0.15) is 12.6 Å². The van der Waals surface area contributed by atoms with E-state index in [1.165, 1.54) is 0 Å². The highest BCUT2D eigenvalue weighted by Crippen LogP contribution is 2.42. The molecule has 0 saturated heterocycles. The standard InChI is InChI=1S/C11H10FN2O8P/c1-2-7(22-23(18,19)20)9-6(15)3-8(21-9)14-4-5(12)10(16)13-11(14)17/h1,4,7-8,15H,3H2,(H,13,16,17)(H2,18,19,20)/t7-,8+/m0/s1. The molecule has 10 nitrogen and oxygen atoms in total. The van der Waals surface area contributed by atoms with Gasteiger partial charge in [-0.15, -0.1) is 6.42 Å². The first kappa shape index (κ1) is 17.0. The highest BCUT2D eigenvalue weighted by molar-refractivity contribution is 7.46. The molecule has 0 fully saturated rings. The molecule has 1 aromatic heterocycles. The lowest BCUT2D eigenvalue weighted by Gasteiger charge is -2.18. The minimum Gasteiger partial charge on any atom is -0.508 e. The van der Waals surface area contributed by atoms with Gasteiger partial charge in [-0.3, -0.25) is 18.9 Å². The van der Waals surface area contributed by atoms with E-state index in [-0.39, 0.29) is 6.42 Å². The first-order valence-corrected chi connectivity index (χ1v) is 7.45. The Balaban J connectivity index is 2.30. The predicted octanol–water partition coefficient (Wildman–Crippen LogP) is -0.525. The van der Waals surface area contributed by atoms with Gasteiger partial charge in [0.15, 0.2) is 18.1 Å². The number of hydrogen-bond donors (Lipinski definition) is 4. The molecule has 4 N–H and O–H groups in total. The Hall–Kier alpha value is -2.38. The number of H-pyrrole nitrogens is 1. The van der Waals surface area contributed by atoms with E-state index >= 15 is 0 Å². The molecule has 2 heterocycles. The summed E-state index contributed by atoms with van der Waals surface area (Å²) in [5.41, 5.74) is -2.24. The normalized spacial score (nSPS) is 19.3. The summed E-state index contributed by atoms with van der Waals surface area (Å²) in [5.74, 6) is -0.439. The number of phosphoric ester groups is 1. The molecule has 0 radical (unpaired) electrons. The molecule has 0 spiro atoms. The summed E-state index contributed by atoms with van der Waals surface area (Å²) >= 11 is 0. The van der Waals surface area contributed by atoms with Gasteiger partial charge in [-0.1, -0.05) is 5.92 Å². The second-order valence-corrected chi connectivity index (χ2v) is 5.57. The van der Waals surface area contributed by atoms with Gasteiger partial charge >= 0.3 is 13.5 Å². The summed E-state index contributed by atoms with van der Waals surface area (Å²) in [6, 6.07) is 0. The molecule has 124 valence electrons. The van der Waals surface area contributed by atoms with Crippen LogP contribution in [-0.2, 0) is 13.8 Å². The van der Waals surface area contributed by atoms with E-state index in [1.807, 2.05) is 5.92 Å². The molecule has 1 aliphatic rings. The topological polar surface area (TPSA) is 151 Å². The number of aliphatic hydroxyl groups excluding tert-OH is 1.